The summed E-state index contributed by atoms with van der Waals surface area (Å²) in [5.41, 5.74) is 0. The fraction of sp³-hybridized carbons (Fsp3) is 0.909. The molecular formula is C11H25ClN2O. The van der Waals surface area contributed by atoms with Crippen LogP contribution >= 0.6 is 12.4 Å². The van der Waals surface area contributed by atoms with E-state index in [0.29, 0.717) is 12.3 Å². The topological polar surface area (TPSA) is 32.3 Å². The van der Waals surface area contributed by atoms with Gasteiger partial charge in [0, 0.05) is 26.6 Å². The van der Waals surface area contributed by atoms with Gasteiger partial charge < -0.3 is 10.2 Å². The Bertz CT molecular complexity index is 161. The highest BCUT2D eigenvalue weighted by Crippen LogP contribution is 2.13. The van der Waals surface area contributed by atoms with E-state index in [1.54, 1.807) is 0 Å². The standard InChI is InChI=1S/C11H24N2O.ClH/c1-5-10(6-2)9-11(14)13(4)8-7-12-3;/h10,12H,5-9H2,1-4H3;1H. The first kappa shape index (κ1) is 17.1. The van der Waals surface area contributed by atoms with E-state index >= 15 is 0 Å². The molecule has 0 saturated heterocycles. The lowest BCUT2D eigenvalue weighted by molar-refractivity contribution is -0.130. The number of carbonyl (C=O) groups excluding carboxylic acids is 1. The van der Waals surface area contributed by atoms with Crippen molar-refractivity contribution in [3.05, 3.63) is 0 Å². The fourth-order valence-corrected chi connectivity index (χ4v) is 1.38. The second kappa shape index (κ2) is 10.2. The highest BCUT2D eigenvalue weighted by molar-refractivity contribution is 5.85. The lowest BCUT2D eigenvalue weighted by atomic mass is 9.99. The summed E-state index contributed by atoms with van der Waals surface area (Å²) in [6.45, 7) is 5.96. The van der Waals surface area contributed by atoms with Crippen LogP contribution in [0.5, 0.6) is 0 Å². The van der Waals surface area contributed by atoms with E-state index in [1.807, 2.05) is 19.0 Å². The van der Waals surface area contributed by atoms with Crippen molar-refractivity contribution < 1.29 is 4.79 Å². The Kier molecular flexibility index (Phi) is 11.7. The van der Waals surface area contributed by atoms with Crippen LogP contribution in [0, 0.1) is 5.92 Å². The maximum absolute atomic E-state index is 11.7. The summed E-state index contributed by atoms with van der Waals surface area (Å²) in [6.07, 6.45) is 2.90. The molecule has 0 heterocycles. The van der Waals surface area contributed by atoms with Crippen LogP contribution in [0.4, 0.5) is 0 Å². The lowest BCUT2D eigenvalue weighted by Crippen LogP contribution is -2.33. The highest BCUT2D eigenvalue weighted by Gasteiger charge is 2.13. The molecule has 0 aromatic carbocycles. The van der Waals surface area contributed by atoms with Crippen molar-refractivity contribution in [3.63, 3.8) is 0 Å². The number of hydrogen-bond acceptors (Lipinski definition) is 2. The second-order valence-corrected chi connectivity index (χ2v) is 3.81. The van der Waals surface area contributed by atoms with Crippen LogP contribution in [0.1, 0.15) is 33.1 Å². The molecule has 0 aliphatic carbocycles. The Hall–Kier alpha value is -0.280. The van der Waals surface area contributed by atoms with Crippen molar-refractivity contribution in [2.45, 2.75) is 33.1 Å². The summed E-state index contributed by atoms with van der Waals surface area (Å²) < 4.78 is 0. The van der Waals surface area contributed by atoms with Gasteiger partial charge in [0.15, 0.2) is 0 Å². The van der Waals surface area contributed by atoms with Gasteiger partial charge in [-0.1, -0.05) is 26.7 Å². The van der Waals surface area contributed by atoms with Gasteiger partial charge in [-0.3, -0.25) is 4.79 Å². The molecule has 0 unspecified atom stereocenters. The van der Waals surface area contributed by atoms with Gasteiger partial charge in [-0.05, 0) is 13.0 Å². The van der Waals surface area contributed by atoms with E-state index < -0.39 is 0 Å². The normalized spacial score (nSPS) is 9.93. The first-order valence-electron chi connectivity index (χ1n) is 5.54. The maximum Gasteiger partial charge on any atom is 0.222 e. The molecule has 3 nitrogen and oxygen atoms in total. The van der Waals surface area contributed by atoms with E-state index in [1.165, 1.54) is 0 Å². The monoisotopic (exact) mass is 236 g/mol. The Balaban J connectivity index is 0. The average molecular weight is 237 g/mol. The lowest BCUT2D eigenvalue weighted by Gasteiger charge is -2.19. The van der Waals surface area contributed by atoms with Crippen molar-refractivity contribution in [3.8, 4) is 0 Å². The second-order valence-electron chi connectivity index (χ2n) is 3.81. The first-order chi connectivity index (χ1) is 6.65. The quantitative estimate of drug-likeness (QED) is 0.733. The number of hydrogen-bond donors (Lipinski definition) is 1. The minimum Gasteiger partial charge on any atom is -0.344 e. The van der Waals surface area contributed by atoms with Gasteiger partial charge in [-0.2, -0.15) is 0 Å². The predicted molar refractivity (Wildman–Crippen MR) is 67.5 cm³/mol. The van der Waals surface area contributed by atoms with Crippen LogP contribution in [-0.4, -0.2) is 38.0 Å². The molecule has 15 heavy (non-hydrogen) atoms. The van der Waals surface area contributed by atoms with Crippen LogP contribution in [0.25, 0.3) is 0 Å². The number of nitrogens with zero attached hydrogens (tertiary/aromatic N) is 1. The fourth-order valence-electron chi connectivity index (χ4n) is 1.38. The molecule has 0 radical (unpaired) electrons. The van der Waals surface area contributed by atoms with Gasteiger partial charge in [0.2, 0.25) is 5.91 Å². The zero-order chi connectivity index (χ0) is 11.0. The predicted octanol–water partition coefficient (Wildman–Crippen LogP) is 1.91. The third-order valence-electron chi connectivity index (χ3n) is 2.74. The van der Waals surface area contributed by atoms with Crippen molar-refractivity contribution >= 4 is 18.3 Å². The minimum atomic E-state index is 0. The number of carbonyl (C=O) groups is 1. The third-order valence-corrected chi connectivity index (χ3v) is 2.74. The molecular weight excluding hydrogens is 212 g/mol. The number of amides is 1. The first-order valence-corrected chi connectivity index (χ1v) is 5.54. The van der Waals surface area contributed by atoms with Gasteiger partial charge in [0.25, 0.3) is 0 Å². The van der Waals surface area contributed by atoms with Gasteiger partial charge in [0.1, 0.15) is 0 Å². The average Bonchev–Trinajstić information content (AvgIpc) is 2.21. The molecule has 1 N–H and O–H groups in total. The molecule has 1 amide bonds. The number of likely N-dealkylation sites (N-methyl/N-ethyl adjacent to an activating group) is 2. The largest absolute Gasteiger partial charge is 0.344 e. The summed E-state index contributed by atoms with van der Waals surface area (Å²) in [5, 5.41) is 3.04. The molecule has 0 spiro atoms. The van der Waals surface area contributed by atoms with Gasteiger partial charge >= 0.3 is 0 Å². The Morgan fingerprint density at radius 2 is 1.87 bits per heavy atom. The third kappa shape index (κ3) is 7.63. The molecule has 4 heteroatoms. The van der Waals surface area contributed by atoms with Crippen LogP contribution in [0.15, 0.2) is 0 Å². The van der Waals surface area contributed by atoms with E-state index in [9.17, 15) is 4.79 Å². The molecule has 0 rings (SSSR count). The van der Waals surface area contributed by atoms with Crippen molar-refractivity contribution in [1.29, 1.82) is 0 Å². The molecule has 92 valence electrons. The molecule has 0 aliphatic rings. The van der Waals surface area contributed by atoms with Crippen LogP contribution in [0.2, 0.25) is 0 Å². The Labute approximate surface area is 100 Å². The van der Waals surface area contributed by atoms with Crippen LogP contribution in [0.3, 0.4) is 0 Å². The molecule has 0 aromatic rings. The Morgan fingerprint density at radius 3 is 2.27 bits per heavy atom. The Morgan fingerprint density at radius 1 is 1.33 bits per heavy atom. The van der Waals surface area contributed by atoms with Gasteiger partial charge in [0.05, 0.1) is 0 Å². The van der Waals surface area contributed by atoms with E-state index in [-0.39, 0.29) is 18.3 Å². The summed E-state index contributed by atoms with van der Waals surface area (Å²) in [5.74, 6) is 0.827. The summed E-state index contributed by atoms with van der Waals surface area (Å²) >= 11 is 0. The number of halogens is 1. The van der Waals surface area contributed by atoms with E-state index in [2.05, 4.69) is 19.2 Å². The SMILES string of the molecule is CCC(CC)CC(=O)N(C)CCNC.Cl. The van der Waals surface area contributed by atoms with E-state index in [0.717, 1.165) is 25.9 Å². The van der Waals surface area contributed by atoms with Crippen molar-refractivity contribution in [1.82, 2.24) is 10.2 Å². The molecule has 0 aliphatic heterocycles. The minimum absolute atomic E-state index is 0. The zero-order valence-electron chi connectivity index (χ0n) is 10.4. The smallest absolute Gasteiger partial charge is 0.222 e. The molecule has 0 saturated carbocycles. The maximum atomic E-state index is 11.7. The van der Waals surface area contributed by atoms with Gasteiger partial charge in [-0.25, -0.2) is 0 Å². The molecule has 0 atom stereocenters. The van der Waals surface area contributed by atoms with E-state index in [4.69, 9.17) is 0 Å². The van der Waals surface area contributed by atoms with Crippen molar-refractivity contribution in [2.24, 2.45) is 5.92 Å². The zero-order valence-corrected chi connectivity index (χ0v) is 11.2. The molecule has 0 fully saturated rings. The summed E-state index contributed by atoms with van der Waals surface area (Å²) in [4.78, 5) is 13.5. The highest BCUT2D eigenvalue weighted by atomic mass is 35.5. The number of rotatable bonds is 7. The molecule has 0 bridgehead atoms. The van der Waals surface area contributed by atoms with Crippen LogP contribution < -0.4 is 5.32 Å². The number of nitrogens with one attached hydrogen (secondary N) is 1. The summed E-state index contributed by atoms with van der Waals surface area (Å²) in [7, 11) is 3.78. The summed E-state index contributed by atoms with van der Waals surface area (Å²) in [6, 6.07) is 0. The van der Waals surface area contributed by atoms with Gasteiger partial charge in [-0.15, -0.1) is 12.4 Å². The van der Waals surface area contributed by atoms with Crippen LogP contribution in [-0.2, 0) is 4.79 Å². The van der Waals surface area contributed by atoms with Crippen molar-refractivity contribution in [2.75, 3.05) is 27.2 Å². The molecule has 0 aromatic heterocycles.